The van der Waals surface area contributed by atoms with Crippen molar-refractivity contribution in [2.75, 3.05) is 11.5 Å². The first-order chi connectivity index (χ1) is 25.7. The van der Waals surface area contributed by atoms with Gasteiger partial charge in [0.05, 0.1) is 43.9 Å². The van der Waals surface area contributed by atoms with Gasteiger partial charge in [-0.2, -0.15) is 19.9 Å². The van der Waals surface area contributed by atoms with Gasteiger partial charge >= 0.3 is 0 Å². The Balaban J connectivity index is 0.000000240. The van der Waals surface area contributed by atoms with Crippen LogP contribution in [0.15, 0.2) is 48.5 Å². The van der Waals surface area contributed by atoms with E-state index < -0.39 is 21.7 Å². The van der Waals surface area contributed by atoms with E-state index in [4.69, 9.17) is 93.0 Å². The molecule has 2 aliphatic rings. The number of benzene rings is 2. The molecule has 20 nitrogen and oxygen atoms in total. The van der Waals surface area contributed by atoms with Crippen LogP contribution in [-0.4, -0.2) is 55.2 Å². The predicted octanol–water partition coefficient (Wildman–Crippen LogP) is 7.38. The molecule has 0 amide bonds. The number of H-pyrrole nitrogens is 4. The molecule has 6 heterocycles. The average Bonchev–Trinajstić information content (AvgIpc) is 3.09. The van der Waals surface area contributed by atoms with Gasteiger partial charge in [-0.3, -0.25) is 20.2 Å². The summed E-state index contributed by atoms with van der Waals surface area (Å²) < 4.78 is 12.1. The number of anilines is 2. The van der Waals surface area contributed by atoms with Crippen molar-refractivity contribution in [1.82, 2.24) is 46.0 Å². The van der Waals surface area contributed by atoms with Crippen LogP contribution in [0.1, 0.15) is 45.2 Å². The van der Waals surface area contributed by atoms with Gasteiger partial charge in [-0.05, 0) is 60.0 Å². The topological polar surface area (TPSA) is 338 Å². The van der Waals surface area contributed by atoms with Crippen molar-refractivity contribution in [3.8, 4) is 23.5 Å². The number of aromatic nitrogens is 8. The summed E-state index contributed by atoms with van der Waals surface area (Å²) in [6.07, 6.45) is 0. The number of fused-ring (bicyclic) bond motifs is 4. The van der Waals surface area contributed by atoms with E-state index in [1.54, 1.807) is 24.3 Å². The van der Waals surface area contributed by atoms with Crippen molar-refractivity contribution >= 4 is 95.1 Å². The van der Waals surface area contributed by atoms with Gasteiger partial charge in [0.25, 0.3) is 11.4 Å². The Hall–Kier alpha value is -5.28. The fraction of sp³-hybridized carbons (Fsp3) is 0.0667. The molecular formula is C30H23Cl2N13O7S4V. The molecule has 0 bridgehead atoms. The van der Waals surface area contributed by atoms with Crippen LogP contribution in [0.4, 0.5) is 23.0 Å². The molecule has 0 fully saturated rings. The number of nitrogen functional groups attached to an aromatic ring is 2. The molecule has 0 aliphatic carbocycles. The van der Waals surface area contributed by atoms with E-state index >= 15 is 0 Å². The molecule has 0 spiro atoms. The maximum Gasteiger partial charge on any atom is 0.269 e. The molecule has 1 radical (unpaired) electrons. The van der Waals surface area contributed by atoms with Gasteiger partial charge in [-0.15, -0.1) is 0 Å². The van der Waals surface area contributed by atoms with Crippen molar-refractivity contribution in [2.24, 2.45) is 0 Å². The fourth-order valence-corrected chi connectivity index (χ4v) is 7.34. The molecule has 57 heavy (non-hydrogen) atoms. The summed E-state index contributed by atoms with van der Waals surface area (Å²) in [5, 5.41) is 22.4. The zero-order valence-electron chi connectivity index (χ0n) is 28.1. The molecule has 293 valence electrons. The standard InChI is InChI=1S/C15H7Cl2N5O3S2.C15H11N7O3S2.H3N.H2O.V/c2*16-10-8-7(5-1-3-6(4-2-5)22(23)24)9-11(17)19-15(27)21-13(9)25-12(8)20-14(26)18-10;;;/h1-4,7H,(H,18,20,26)(H,19,21,27);1-4,7H,(H3,16,18,20,26)(H3,17,19,21,27);1H3;1H2;. The first-order valence-electron chi connectivity index (χ1n) is 14.9. The summed E-state index contributed by atoms with van der Waals surface area (Å²) in [5.74, 6) is 0.111. The van der Waals surface area contributed by atoms with Crippen LogP contribution in [0.2, 0.25) is 10.3 Å². The maximum absolute atomic E-state index is 11.0. The quantitative estimate of drug-likeness (QED) is 0.0391. The van der Waals surface area contributed by atoms with Gasteiger partial charge in [-0.25, -0.2) is 0 Å². The van der Waals surface area contributed by atoms with Crippen LogP contribution in [-0.2, 0) is 18.6 Å². The second kappa shape index (κ2) is 17.5. The Bertz CT molecular complexity index is 2490. The first-order valence-corrected chi connectivity index (χ1v) is 17.3. The zero-order valence-corrected chi connectivity index (χ0v) is 34.3. The Morgan fingerprint density at radius 1 is 0.579 bits per heavy atom. The molecule has 0 atom stereocenters. The molecule has 0 saturated carbocycles. The third-order valence-corrected chi connectivity index (χ3v) is 9.49. The largest absolute Gasteiger partial charge is 0.420 e. The van der Waals surface area contributed by atoms with Crippen molar-refractivity contribution in [1.29, 1.82) is 0 Å². The number of rotatable bonds is 4. The van der Waals surface area contributed by atoms with Gasteiger partial charge in [0.1, 0.15) is 21.9 Å². The van der Waals surface area contributed by atoms with Gasteiger partial charge < -0.3 is 52.5 Å². The number of hydrogen-bond acceptors (Lipinski definition) is 17. The molecule has 0 saturated heterocycles. The van der Waals surface area contributed by atoms with Crippen LogP contribution in [0, 0.1) is 39.3 Å². The summed E-state index contributed by atoms with van der Waals surface area (Å²) in [5.41, 5.74) is 15.5. The van der Waals surface area contributed by atoms with E-state index in [-0.39, 0.29) is 106 Å². The molecule has 6 aromatic rings. The van der Waals surface area contributed by atoms with Gasteiger partial charge in [0.15, 0.2) is 0 Å². The van der Waals surface area contributed by atoms with Crippen molar-refractivity contribution in [3.63, 3.8) is 0 Å². The molecule has 2 aliphatic heterocycles. The van der Waals surface area contributed by atoms with E-state index in [1.165, 1.54) is 24.3 Å². The number of nitrogens with two attached hydrogens (primary N) is 2. The summed E-state index contributed by atoms with van der Waals surface area (Å²) in [6.45, 7) is 0. The molecule has 2 aromatic carbocycles. The van der Waals surface area contributed by atoms with Crippen LogP contribution in [0.5, 0.6) is 23.5 Å². The third-order valence-electron chi connectivity index (χ3n) is 8.12. The van der Waals surface area contributed by atoms with Crippen molar-refractivity contribution in [2.45, 2.75) is 11.8 Å². The summed E-state index contributed by atoms with van der Waals surface area (Å²) in [6, 6.07) is 12.0. The number of non-ortho nitro benzene ring substituents is 2. The van der Waals surface area contributed by atoms with E-state index in [0.717, 1.165) is 0 Å². The molecule has 8 rings (SSSR count). The number of nitro groups is 2. The summed E-state index contributed by atoms with van der Waals surface area (Å²) >= 11 is 33.0. The molecule has 0 unspecified atom stereocenters. The molecule has 13 N–H and O–H groups in total. The van der Waals surface area contributed by atoms with Crippen molar-refractivity contribution < 1.29 is 43.4 Å². The number of nitrogens with one attached hydrogen (secondary N) is 4. The minimum Gasteiger partial charge on any atom is -0.420 e. The van der Waals surface area contributed by atoms with Crippen LogP contribution in [0.25, 0.3) is 0 Å². The number of nitrogens with zero attached hydrogens (tertiary/aromatic N) is 6. The number of hydrogen-bond donors (Lipinski definition) is 7. The second-order valence-electron chi connectivity index (χ2n) is 11.3. The number of aromatic amines is 4. The van der Waals surface area contributed by atoms with Gasteiger partial charge in [-0.1, -0.05) is 47.5 Å². The predicted molar refractivity (Wildman–Crippen MR) is 213 cm³/mol. The van der Waals surface area contributed by atoms with Crippen LogP contribution >= 0.6 is 72.1 Å². The molecular weight excluding hydrogens is 905 g/mol. The summed E-state index contributed by atoms with van der Waals surface area (Å²) in [4.78, 5) is 48.8. The Kier molecular flexibility index (Phi) is 13.6. The van der Waals surface area contributed by atoms with E-state index in [9.17, 15) is 20.2 Å². The first kappa shape index (κ1) is 44.4. The maximum atomic E-state index is 11.0. The van der Waals surface area contributed by atoms with Crippen LogP contribution < -0.4 is 27.1 Å². The van der Waals surface area contributed by atoms with Gasteiger partial charge in [0.2, 0.25) is 42.6 Å². The second-order valence-corrected chi connectivity index (χ2v) is 13.6. The number of halogens is 2. The van der Waals surface area contributed by atoms with E-state index in [1.807, 2.05) is 0 Å². The smallest absolute Gasteiger partial charge is 0.269 e. The zero-order chi connectivity index (χ0) is 38.6. The normalized spacial score (nSPS) is 12.1. The Morgan fingerprint density at radius 3 is 1.18 bits per heavy atom. The van der Waals surface area contributed by atoms with Gasteiger partial charge in [0, 0.05) is 42.8 Å². The number of nitro benzene ring substituents is 2. The Morgan fingerprint density at radius 2 is 0.860 bits per heavy atom. The SMILES string of the molecule is N.Nc1[nH]c(=S)nc2c1C(c1ccc([N+](=O)[O-])cc1)c1c(nc(=S)[nH]c1N)O2.O.O=[N+]([O-])c1ccc(C2c3c(nc(=S)[nH]c3Cl)Oc3nc(=S)[nH]c(Cl)c32)cc1.[V]. The average molecular weight is 928 g/mol. The minimum absolute atomic E-state index is 0. The third kappa shape index (κ3) is 8.54. The Labute approximate surface area is 360 Å². The summed E-state index contributed by atoms with van der Waals surface area (Å²) in [7, 11) is 0. The van der Waals surface area contributed by atoms with Crippen LogP contribution in [0.3, 0.4) is 0 Å². The molecule has 27 heteroatoms. The fourth-order valence-electron chi connectivity index (χ4n) is 5.91. The molecule has 4 aromatic heterocycles. The monoisotopic (exact) mass is 926 g/mol. The number of ether oxygens (including phenoxy) is 2. The minimum atomic E-state index is -0.553. The van der Waals surface area contributed by atoms with E-state index in [0.29, 0.717) is 33.4 Å². The van der Waals surface area contributed by atoms with E-state index in [2.05, 4.69) is 39.9 Å². The van der Waals surface area contributed by atoms with Crippen molar-refractivity contribution in [3.05, 3.63) is 132 Å².